The minimum atomic E-state index is -3.11. The molecular weight excluding hydrogens is 240 g/mol. The van der Waals surface area contributed by atoms with Crippen LogP contribution in [0.25, 0.3) is 0 Å². The van der Waals surface area contributed by atoms with Crippen LogP contribution in [0.2, 0.25) is 0 Å². The molecule has 0 N–H and O–H groups in total. The van der Waals surface area contributed by atoms with Crippen molar-refractivity contribution in [1.29, 1.82) is 0 Å². The maximum absolute atomic E-state index is 8.44. The topological polar surface area (TPSA) is 121 Å². The van der Waals surface area contributed by atoms with Crippen LogP contribution in [0.1, 0.15) is 0 Å². The summed E-state index contributed by atoms with van der Waals surface area (Å²) in [5.41, 5.74) is 0. The summed E-state index contributed by atoms with van der Waals surface area (Å²) < 4.78 is 60.6. The van der Waals surface area contributed by atoms with Gasteiger partial charge in [-0.1, -0.05) is 0 Å². The highest BCUT2D eigenvalue weighted by Gasteiger charge is 1.94. The summed E-state index contributed by atoms with van der Waals surface area (Å²) >= 11 is 0. The summed E-state index contributed by atoms with van der Waals surface area (Å²) in [7, 11) is -6.22. The van der Waals surface area contributed by atoms with E-state index in [1.54, 1.807) is 0 Å². The van der Waals surface area contributed by atoms with Gasteiger partial charge in [-0.05, 0) is 0 Å². The molecule has 1 heterocycles. The van der Waals surface area contributed by atoms with Gasteiger partial charge in [0.25, 0.3) is 0 Å². The molecule has 0 radical (unpaired) electrons. The SMILES string of the molecule is C1COCCO1.O=S(=O)=O.O=S(=O)=O. The molecule has 0 aromatic heterocycles. The predicted octanol–water partition coefficient (Wildman–Crippen LogP) is -1.97. The summed E-state index contributed by atoms with van der Waals surface area (Å²) in [4.78, 5) is 0. The highest BCUT2D eigenvalue weighted by molar-refractivity contribution is 7.59. The van der Waals surface area contributed by atoms with Crippen LogP contribution in [0.5, 0.6) is 0 Å². The Kier molecular flexibility index (Phi) is 13.6. The molecule has 0 aromatic rings. The quantitative estimate of drug-likeness (QED) is 0.483. The van der Waals surface area contributed by atoms with Crippen LogP contribution in [0, 0.1) is 0 Å². The highest BCUT2D eigenvalue weighted by atomic mass is 32.2. The summed E-state index contributed by atoms with van der Waals surface area (Å²) in [6, 6.07) is 0. The van der Waals surface area contributed by atoms with Crippen LogP contribution in [0.15, 0.2) is 0 Å². The predicted molar refractivity (Wildman–Crippen MR) is 41.0 cm³/mol. The zero-order valence-corrected chi connectivity index (χ0v) is 8.54. The normalized spacial score (nSPS) is 13.7. The molecular formula is C4H8O8S2. The maximum Gasteiger partial charge on any atom is 0.425 e. The van der Waals surface area contributed by atoms with Gasteiger partial charge in [0.2, 0.25) is 0 Å². The van der Waals surface area contributed by atoms with Crippen LogP contribution >= 0.6 is 0 Å². The first-order chi connectivity index (χ1) is 6.46. The fourth-order valence-electron chi connectivity index (χ4n) is 0.440. The van der Waals surface area contributed by atoms with E-state index in [-0.39, 0.29) is 0 Å². The molecule has 0 saturated carbocycles. The lowest BCUT2D eigenvalue weighted by atomic mass is 10.6. The van der Waals surface area contributed by atoms with Crippen molar-refractivity contribution in [1.82, 2.24) is 0 Å². The number of ether oxygens (including phenoxy) is 2. The Hall–Kier alpha value is -0.840. The van der Waals surface area contributed by atoms with Crippen molar-refractivity contribution in [2.45, 2.75) is 0 Å². The molecule has 0 aromatic carbocycles. The lowest BCUT2D eigenvalue weighted by Crippen LogP contribution is -2.16. The minimum absolute atomic E-state index is 0.778. The average Bonchev–Trinajstić information content (AvgIpc) is 2.05. The van der Waals surface area contributed by atoms with E-state index in [1.807, 2.05) is 0 Å². The van der Waals surface area contributed by atoms with E-state index in [0.29, 0.717) is 0 Å². The molecule has 10 heteroatoms. The van der Waals surface area contributed by atoms with Gasteiger partial charge in [0.05, 0.1) is 26.4 Å². The van der Waals surface area contributed by atoms with Crippen molar-refractivity contribution in [2.24, 2.45) is 0 Å². The first-order valence-electron chi connectivity index (χ1n) is 3.15. The van der Waals surface area contributed by atoms with Gasteiger partial charge in [-0.15, -0.1) is 25.3 Å². The molecule has 1 rings (SSSR count). The van der Waals surface area contributed by atoms with Crippen molar-refractivity contribution >= 4 is 21.2 Å². The fourth-order valence-corrected chi connectivity index (χ4v) is 0.440. The van der Waals surface area contributed by atoms with E-state index in [9.17, 15) is 0 Å². The third-order valence-electron chi connectivity index (χ3n) is 0.744. The Labute approximate surface area is 82.9 Å². The zero-order valence-electron chi connectivity index (χ0n) is 6.91. The molecule has 1 aliphatic heterocycles. The first kappa shape index (κ1) is 15.6. The molecule has 8 nitrogen and oxygen atoms in total. The summed E-state index contributed by atoms with van der Waals surface area (Å²) in [6.07, 6.45) is 0. The molecule has 0 unspecified atom stereocenters. The van der Waals surface area contributed by atoms with Crippen molar-refractivity contribution in [3.63, 3.8) is 0 Å². The van der Waals surface area contributed by atoms with Gasteiger partial charge in [-0.2, -0.15) is 0 Å². The Morgan fingerprint density at radius 3 is 0.786 bits per heavy atom. The zero-order chi connectivity index (χ0) is 11.4. The largest absolute Gasteiger partial charge is 0.425 e. The Morgan fingerprint density at radius 1 is 0.571 bits per heavy atom. The van der Waals surface area contributed by atoms with Crippen molar-refractivity contribution in [3.05, 3.63) is 0 Å². The van der Waals surface area contributed by atoms with E-state index < -0.39 is 21.2 Å². The fraction of sp³-hybridized carbons (Fsp3) is 1.00. The van der Waals surface area contributed by atoms with E-state index in [1.165, 1.54) is 0 Å². The van der Waals surface area contributed by atoms with Crippen LogP contribution in [-0.2, 0) is 30.7 Å². The number of hydrogen-bond donors (Lipinski definition) is 0. The minimum Gasteiger partial charge on any atom is -0.377 e. The van der Waals surface area contributed by atoms with Crippen molar-refractivity contribution in [2.75, 3.05) is 26.4 Å². The molecule has 0 aliphatic carbocycles. The molecule has 1 aliphatic rings. The molecule has 14 heavy (non-hydrogen) atoms. The Morgan fingerprint density at radius 2 is 0.714 bits per heavy atom. The maximum atomic E-state index is 8.44. The Balaban J connectivity index is 0. The smallest absolute Gasteiger partial charge is 0.377 e. The first-order valence-corrected chi connectivity index (χ1v) is 5.15. The van der Waals surface area contributed by atoms with E-state index in [4.69, 9.17) is 34.7 Å². The molecule has 84 valence electrons. The second-order valence-electron chi connectivity index (χ2n) is 1.63. The molecule has 0 bridgehead atoms. The molecule has 1 saturated heterocycles. The molecule has 0 spiro atoms. The second-order valence-corrected chi connectivity index (χ2v) is 2.45. The van der Waals surface area contributed by atoms with E-state index in [0.717, 1.165) is 26.4 Å². The van der Waals surface area contributed by atoms with Gasteiger partial charge >= 0.3 is 21.2 Å². The second kappa shape index (κ2) is 12.2. The van der Waals surface area contributed by atoms with E-state index >= 15 is 0 Å². The van der Waals surface area contributed by atoms with Crippen LogP contribution in [0.3, 0.4) is 0 Å². The summed E-state index contributed by atoms with van der Waals surface area (Å²) in [6.45, 7) is 3.11. The molecule has 1 fully saturated rings. The standard InChI is InChI=1S/C4H8O2.2O3S/c1-2-6-4-3-5-1;2*1-4(2)3/h1-4H2;;. The van der Waals surface area contributed by atoms with Gasteiger partial charge in [-0.3, -0.25) is 0 Å². The highest BCUT2D eigenvalue weighted by Crippen LogP contribution is 1.85. The van der Waals surface area contributed by atoms with Crippen molar-refractivity contribution < 1.29 is 34.7 Å². The van der Waals surface area contributed by atoms with Gasteiger partial charge in [0.15, 0.2) is 0 Å². The Bertz CT molecular complexity index is 250. The third-order valence-corrected chi connectivity index (χ3v) is 0.744. The van der Waals surface area contributed by atoms with Crippen LogP contribution in [0.4, 0.5) is 0 Å². The van der Waals surface area contributed by atoms with Crippen LogP contribution < -0.4 is 0 Å². The van der Waals surface area contributed by atoms with Gasteiger partial charge in [-0.25, -0.2) is 0 Å². The third kappa shape index (κ3) is 43.3. The monoisotopic (exact) mass is 248 g/mol. The molecule has 0 atom stereocenters. The van der Waals surface area contributed by atoms with Gasteiger partial charge in [0.1, 0.15) is 0 Å². The summed E-state index contributed by atoms with van der Waals surface area (Å²) in [5, 5.41) is 0. The summed E-state index contributed by atoms with van der Waals surface area (Å²) in [5.74, 6) is 0. The molecule has 0 amide bonds. The lowest BCUT2D eigenvalue weighted by molar-refractivity contribution is -0.0334. The average molecular weight is 248 g/mol. The number of rotatable bonds is 0. The number of hydrogen-bond acceptors (Lipinski definition) is 8. The van der Waals surface area contributed by atoms with Gasteiger partial charge in [0, 0.05) is 0 Å². The van der Waals surface area contributed by atoms with Crippen LogP contribution in [-0.4, -0.2) is 51.7 Å². The van der Waals surface area contributed by atoms with Crippen molar-refractivity contribution in [3.8, 4) is 0 Å². The lowest BCUT2D eigenvalue weighted by Gasteiger charge is -2.09. The van der Waals surface area contributed by atoms with Gasteiger partial charge < -0.3 is 9.47 Å². The van der Waals surface area contributed by atoms with E-state index in [2.05, 4.69) is 0 Å².